The van der Waals surface area contributed by atoms with Crippen LogP contribution in [-0.2, 0) is 4.79 Å². The van der Waals surface area contributed by atoms with Gasteiger partial charge >= 0.3 is 5.97 Å². The molecule has 150 valence electrons. The minimum absolute atomic E-state index is 0. The van der Waals surface area contributed by atoms with Crippen molar-refractivity contribution in [3.05, 3.63) is 11.6 Å². The first-order valence-electron chi connectivity index (χ1n) is 10.0. The summed E-state index contributed by atoms with van der Waals surface area (Å²) in [4.78, 5) is 11.3. The summed E-state index contributed by atoms with van der Waals surface area (Å²) in [5, 5.41) is 9.25. The Hall–Kier alpha value is -0.350. The van der Waals surface area contributed by atoms with Crippen molar-refractivity contribution in [3.8, 4) is 0 Å². The first kappa shape index (κ1) is 26.9. The molecule has 25 heavy (non-hydrogen) atoms. The Balaban J connectivity index is 0. The molecule has 0 aromatic heterocycles. The molecule has 0 saturated carbocycles. The number of aliphatic carboxylic acids is 1. The van der Waals surface area contributed by atoms with Crippen molar-refractivity contribution >= 4 is 23.0 Å². The highest BCUT2D eigenvalue weighted by Crippen LogP contribution is 2.45. The molecule has 0 fully saturated rings. The number of unbranched alkanes of at least 4 members (excludes halogenated alkanes) is 6. The van der Waals surface area contributed by atoms with Crippen molar-refractivity contribution in [3.63, 3.8) is 0 Å². The molecule has 0 aliphatic heterocycles. The monoisotopic (exact) mass is 419 g/mol. The lowest BCUT2D eigenvalue weighted by molar-refractivity contribution is -0.132. The maximum atomic E-state index is 11.3. The fourth-order valence-corrected chi connectivity index (χ4v) is 3.99. The summed E-state index contributed by atoms with van der Waals surface area (Å²) in [7, 11) is 0. The van der Waals surface area contributed by atoms with Crippen LogP contribution in [0.15, 0.2) is 11.6 Å². The molecule has 0 aliphatic rings. The molecule has 0 spiro atoms. The minimum atomic E-state index is -0.865. The van der Waals surface area contributed by atoms with E-state index in [9.17, 15) is 9.90 Å². The summed E-state index contributed by atoms with van der Waals surface area (Å²) < 4.78 is 0. The fourth-order valence-electron chi connectivity index (χ4n) is 3.99. The molecule has 0 aromatic carbocycles. The van der Waals surface area contributed by atoms with Crippen LogP contribution in [0.3, 0.4) is 0 Å². The van der Waals surface area contributed by atoms with Gasteiger partial charge in [-0.05, 0) is 38.0 Å². The molecule has 0 heterocycles. The zero-order valence-corrected chi connectivity index (χ0v) is 18.9. The van der Waals surface area contributed by atoms with Gasteiger partial charge in [0.25, 0.3) is 0 Å². The summed E-state index contributed by atoms with van der Waals surface area (Å²) >= 11 is 0. The van der Waals surface area contributed by atoms with Gasteiger partial charge in [-0.15, -0.1) is 17.0 Å². The maximum absolute atomic E-state index is 11.3. The lowest BCUT2D eigenvalue weighted by Crippen LogP contribution is -2.53. The molecule has 1 unspecified atom stereocenters. The van der Waals surface area contributed by atoms with Crippen molar-refractivity contribution in [2.75, 3.05) is 0 Å². The van der Waals surface area contributed by atoms with Crippen LogP contribution in [-0.4, -0.2) is 16.6 Å². The van der Waals surface area contributed by atoms with Crippen molar-refractivity contribution in [2.24, 2.45) is 11.1 Å². The van der Waals surface area contributed by atoms with Gasteiger partial charge < -0.3 is 10.8 Å². The van der Waals surface area contributed by atoms with E-state index in [0.717, 1.165) is 25.7 Å². The van der Waals surface area contributed by atoms with Gasteiger partial charge in [0.1, 0.15) is 0 Å². The average molecular weight is 420 g/mol. The molecule has 0 saturated heterocycles. The Kier molecular flexibility index (Phi) is 14.8. The third-order valence-electron chi connectivity index (χ3n) is 6.00. The molecule has 0 aromatic rings. The van der Waals surface area contributed by atoms with Gasteiger partial charge in [-0.25, -0.2) is 4.79 Å². The highest BCUT2D eigenvalue weighted by molar-refractivity contribution is 8.93. The molecule has 3 nitrogen and oxygen atoms in total. The normalized spacial score (nSPS) is 14.7. The summed E-state index contributed by atoms with van der Waals surface area (Å²) in [5.74, 6) is -0.865. The topological polar surface area (TPSA) is 63.3 Å². The predicted molar refractivity (Wildman–Crippen MR) is 115 cm³/mol. The zero-order valence-electron chi connectivity index (χ0n) is 17.2. The van der Waals surface area contributed by atoms with E-state index >= 15 is 0 Å². The summed E-state index contributed by atoms with van der Waals surface area (Å²) in [6.45, 7) is 10.4. The van der Waals surface area contributed by atoms with Crippen LogP contribution in [0.25, 0.3) is 0 Å². The van der Waals surface area contributed by atoms with Crippen molar-refractivity contribution < 1.29 is 9.90 Å². The Bertz CT molecular complexity index is 391. The lowest BCUT2D eigenvalue weighted by Gasteiger charge is -2.47. The van der Waals surface area contributed by atoms with E-state index in [0.29, 0.717) is 5.57 Å². The second-order valence-corrected chi connectivity index (χ2v) is 7.39. The average Bonchev–Trinajstić information content (AvgIpc) is 2.57. The second kappa shape index (κ2) is 13.8. The van der Waals surface area contributed by atoms with E-state index in [1.54, 1.807) is 6.92 Å². The molecule has 0 rings (SSSR count). The highest BCUT2D eigenvalue weighted by Gasteiger charge is 2.43. The van der Waals surface area contributed by atoms with Crippen LogP contribution >= 0.6 is 17.0 Å². The number of hydrogen-bond acceptors (Lipinski definition) is 2. The first-order chi connectivity index (χ1) is 11.3. The van der Waals surface area contributed by atoms with E-state index in [1.807, 2.05) is 6.08 Å². The molecule has 0 bridgehead atoms. The number of rotatable bonds is 14. The number of halogens is 1. The maximum Gasteiger partial charge on any atom is 0.331 e. The smallest absolute Gasteiger partial charge is 0.331 e. The van der Waals surface area contributed by atoms with Crippen LogP contribution in [0, 0.1) is 5.41 Å². The molecule has 0 radical (unpaired) electrons. The van der Waals surface area contributed by atoms with Crippen LogP contribution in [0.2, 0.25) is 0 Å². The lowest BCUT2D eigenvalue weighted by atomic mass is 9.62. The van der Waals surface area contributed by atoms with Crippen LogP contribution in [0.5, 0.6) is 0 Å². The van der Waals surface area contributed by atoms with Gasteiger partial charge in [-0.1, -0.05) is 78.7 Å². The standard InChI is InChI=1S/C21H41NO2.BrH/c1-6-10-11-12-13-14-15-16-20(7-2,8-3)21(22,9-4)17-18(5)19(23)24;/h17H,6-16,22H2,1-5H3,(H,23,24);1H. The first-order valence-corrected chi connectivity index (χ1v) is 10.0. The van der Waals surface area contributed by atoms with Crippen molar-refractivity contribution in [1.82, 2.24) is 0 Å². The highest BCUT2D eigenvalue weighted by atomic mass is 79.9. The van der Waals surface area contributed by atoms with Crippen molar-refractivity contribution in [2.45, 2.75) is 111 Å². The molecule has 1 atom stereocenters. The molecule has 0 amide bonds. The second-order valence-electron chi connectivity index (χ2n) is 7.39. The SMILES string of the molecule is Br.CCCCCCCCCC(CC)(CC)C(N)(C=C(C)C(=O)O)CC. The van der Waals surface area contributed by atoms with Crippen LogP contribution in [0.1, 0.15) is 105 Å². The number of hydrogen-bond donors (Lipinski definition) is 2. The Labute approximate surface area is 166 Å². The van der Waals surface area contributed by atoms with E-state index in [2.05, 4.69) is 27.7 Å². The molecule has 0 aliphatic carbocycles. The summed E-state index contributed by atoms with van der Waals surface area (Å²) in [6, 6.07) is 0. The minimum Gasteiger partial charge on any atom is -0.478 e. The Morgan fingerprint density at radius 3 is 1.80 bits per heavy atom. The Morgan fingerprint density at radius 2 is 1.40 bits per heavy atom. The van der Waals surface area contributed by atoms with Gasteiger partial charge in [-0.3, -0.25) is 0 Å². The Morgan fingerprint density at radius 1 is 0.920 bits per heavy atom. The van der Waals surface area contributed by atoms with Gasteiger partial charge in [0, 0.05) is 11.1 Å². The number of carbonyl (C=O) groups is 1. The number of carboxylic acids is 1. The quantitative estimate of drug-likeness (QED) is 0.244. The summed E-state index contributed by atoms with van der Waals surface area (Å²) in [5.41, 5.74) is 6.59. The van der Waals surface area contributed by atoms with Gasteiger partial charge in [0.05, 0.1) is 0 Å². The van der Waals surface area contributed by atoms with E-state index in [-0.39, 0.29) is 22.4 Å². The third kappa shape index (κ3) is 8.25. The largest absolute Gasteiger partial charge is 0.478 e. The van der Waals surface area contributed by atoms with Crippen LogP contribution in [0.4, 0.5) is 0 Å². The third-order valence-corrected chi connectivity index (χ3v) is 6.00. The number of nitrogens with two attached hydrogens (primary N) is 1. The number of carboxylic acid groups (broad SMARTS) is 1. The van der Waals surface area contributed by atoms with E-state index in [4.69, 9.17) is 5.73 Å². The van der Waals surface area contributed by atoms with Crippen LogP contribution < -0.4 is 5.73 Å². The van der Waals surface area contributed by atoms with Gasteiger partial charge in [0.15, 0.2) is 0 Å². The van der Waals surface area contributed by atoms with Crippen molar-refractivity contribution in [1.29, 1.82) is 0 Å². The predicted octanol–water partition coefficient (Wildman–Crippen LogP) is 6.65. The fraction of sp³-hybridized carbons (Fsp3) is 0.857. The van der Waals surface area contributed by atoms with E-state index < -0.39 is 11.5 Å². The molecular weight excluding hydrogens is 378 g/mol. The van der Waals surface area contributed by atoms with E-state index in [1.165, 1.54) is 44.9 Å². The molecular formula is C21H42BrNO2. The van der Waals surface area contributed by atoms with Gasteiger partial charge in [0.2, 0.25) is 0 Å². The van der Waals surface area contributed by atoms with Gasteiger partial charge in [-0.2, -0.15) is 0 Å². The molecule has 3 N–H and O–H groups in total. The molecule has 4 heteroatoms. The summed E-state index contributed by atoms with van der Waals surface area (Å²) in [6.07, 6.45) is 14.7. The zero-order chi connectivity index (χ0) is 18.6.